The summed E-state index contributed by atoms with van der Waals surface area (Å²) in [5.74, 6) is 0.957. The van der Waals surface area contributed by atoms with Crippen molar-refractivity contribution in [3.8, 4) is 11.4 Å². The van der Waals surface area contributed by atoms with Crippen molar-refractivity contribution in [3.63, 3.8) is 0 Å². The van der Waals surface area contributed by atoms with Crippen LogP contribution in [-0.4, -0.2) is 9.55 Å². The van der Waals surface area contributed by atoms with E-state index in [9.17, 15) is 0 Å². The van der Waals surface area contributed by atoms with Crippen molar-refractivity contribution in [1.82, 2.24) is 9.55 Å². The normalized spacial score (nSPS) is 11.9. The molecule has 0 N–H and O–H groups in total. The summed E-state index contributed by atoms with van der Waals surface area (Å²) < 4.78 is 8.32. The van der Waals surface area contributed by atoms with Crippen LogP contribution in [0.5, 0.6) is 0 Å². The molecule has 0 bridgehead atoms. The maximum Gasteiger partial charge on any atom is 0.143 e. The number of imidazole rings is 1. The lowest BCUT2D eigenvalue weighted by molar-refractivity contribution is 0.672. The number of rotatable bonds is 1. The molecular formula is C24H16N2O. The van der Waals surface area contributed by atoms with Gasteiger partial charge in [0.2, 0.25) is 0 Å². The standard InChI is InChI=1S/C24H16N2O/c1-26-11-10-25-24(26)18-7-9-22-21(14-18)19-8-6-17-12-15-4-2-3-5-16(15)13-20(17)23(19)27-22/h2-14H,1H3. The Balaban J connectivity index is 1.69. The molecule has 4 aromatic carbocycles. The molecule has 0 radical (unpaired) electrons. The van der Waals surface area contributed by atoms with E-state index in [0.29, 0.717) is 0 Å². The molecule has 3 heteroatoms. The molecule has 27 heavy (non-hydrogen) atoms. The number of hydrogen-bond donors (Lipinski definition) is 0. The average molecular weight is 348 g/mol. The summed E-state index contributed by atoms with van der Waals surface area (Å²) in [6.07, 6.45) is 3.79. The van der Waals surface area contributed by atoms with E-state index in [0.717, 1.165) is 38.7 Å². The van der Waals surface area contributed by atoms with Gasteiger partial charge in [0.05, 0.1) is 0 Å². The van der Waals surface area contributed by atoms with Crippen molar-refractivity contribution in [2.45, 2.75) is 0 Å². The van der Waals surface area contributed by atoms with E-state index in [1.807, 2.05) is 30.1 Å². The van der Waals surface area contributed by atoms with Gasteiger partial charge in [0, 0.05) is 41.2 Å². The highest BCUT2D eigenvalue weighted by Crippen LogP contribution is 2.37. The van der Waals surface area contributed by atoms with Gasteiger partial charge in [-0.1, -0.05) is 30.3 Å². The van der Waals surface area contributed by atoms with Crippen LogP contribution in [0.2, 0.25) is 0 Å². The molecule has 0 aliphatic rings. The Kier molecular flexibility index (Phi) is 2.81. The lowest BCUT2D eigenvalue weighted by atomic mass is 10.0. The third-order valence-corrected chi connectivity index (χ3v) is 5.40. The third-order valence-electron chi connectivity index (χ3n) is 5.40. The van der Waals surface area contributed by atoms with Crippen LogP contribution in [0.15, 0.2) is 83.5 Å². The Hall–Kier alpha value is -3.59. The topological polar surface area (TPSA) is 31.0 Å². The number of aryl methyl sites for hydroxylation is 1. The zero-order chi connectivity index (χ0) is 18.0. The maximum atomic E-state index is 6.29. The molecule has 128 valence electrons. The first-order chi connectivity index (χ1) is 13.3. The van der Waals surface area contributed by atoms with E-state index in [-0.39, 0.29) is 0 Å². The SMILES string of the molecule is Cn1ccnc1-c1ccc2oc3c4cc5ccccc5cc4ccc3c2c1. The number of aromatic nitrogens is 2. The minimum Gasteiger partial charge on any atom is -0.455 e. The molecular weight excluding hydrogens is 332 g/mol. The van der Waals surface area contributed by atoms with E-state index in [1.165, 1.54) is 16.2 Å². The minimum absolute atomic E-state index is 0.906. The summed E-state index contributed by atoms with van der Waals surface area (Å²) in [6, 6.07) is 23.6. The van der Waals surface area contributed by atoms with E-state index >= 15 is 0 Å². The van der Waals surface area contributed by atoms with Gasteiger partial charge >= 0.3 is 0 Å². The van der Waals surface area contributed by atoms with E-state index in [4.69, 9.17) is 4.42 Å². The van der Waals surface area contributed by atoms with Crippen LogP contribution in [-0.2, 0) is 7.05 Å². The van der Waals surface area contributed by atoms with Gasteiger partial charge in [-0.05, 0) is 52.6 Å². The number of hydrogen-bond acceptors (Lipinski definition) is 2. The second-order valence-corrected chi connectivity index (χ2v) is 7.04. The zero-order valence-corrected chi connectivity index (χ0v) is 14.8. The molecule has 0 aliphatic heterocycles. The second kappa shape index (κ2) is 5.21. The molecule has 0 spiro atoms. The Morgan fingerprint density at radius 3 is 2.44 bits per heavy atom. The van der Waals surface area contributed by atoms with Crippen LogP contribution in [0.25, 0.3) is 54.9 Å². The fourth-order valence-corrected chi connectivity index (χ4v) is 4.03. The first-order valence-electron chi connectivity index (χ1n) is 9.03. The zero-order valence-electron chi connectivity index (χ0n) is 14.8. The van der Waals surface area contributed by atoms with Gasteiger partial charge in [-0.3, -0.25) is 0 Å². The van der Waals surface area contributed by atoms with Gasteiger partial charge in [-0.2, -0.15) is 0 Å². The molecule has 0 amide bonds. The van der Waals surface area contributed by atoms with Crippen molar-refractivity contribution >= 4 is 43.5 Å². The molecule has 0 aliphatic carbocycles. The molecule has 0 saturated carbocycles. The summed E-state index contributed by atoms with van der Waals surface area (Å²) in [6.45, 7) is 0. The summed E-state index contributed by atoms with van der Waals surface area (Å²) in [5.41, 5.74) is 2.95. The highest BCUT2D eigenvalue weighted by atomic mass is 16.3. The van der Waals surface area contributed by atoms with Gasteiger partial charge in [0.1, 0.15) is 17.0 Å². The summed E-state index contributed by atoms with van der Waals surface area (Å²) >= 11 is 0. The highest BCUT2D eigenvalue weighted by Gasteiger charge is 2.13. The fraction of sp³-hybridized carbons (Fsp3) is 0.0417. The molecule has 6 aromatic rings. The molecule has 0 unspecified atom stereocenters. The first kappa shape index (κ1) is 14.6. The van der Waals surface area contributed by atoms with Crippen molar-refractivity contribution in [2.75, 3.05) is 0 Å². The Bertz CT molecular complexity index is 1490. The van der Waals surface area contributed by atoms with E-state index in [2.05, 4.69) is 65.6 Å². The number of furan rings is 1. The van der Waals surface area contributed by atoms with Crippen LogP contribution >= 0.6 is 0 Å². The van der Waals surface area contributed by atoms with Crippen LogP contribution in [0.3, 0.4) is 0 Å². The van der Waals surface area contributed by atoms with Gasteiger partial charge in [0.15, 0.2) is 0 Å². The van der Waals surface area contributed by atoms with Gasteiger partial charge in [-0.15, -0.1) is 0 Å². The molecule has 2 heterocycles. The monoisotopic (exact) mass is 348 g/mol. The average Bonchev–Trinajstić information content (AvgIpc) is 3.29. The molecule has 0 atom stereocenters. The highest BCUT2D eigenvalue weighted by molar-refractivity contribution is 6.17. The van der Waals surface area contributed by atoms with Crippen LogP contribution < -0.4 is 0 Å². The molecule has 3 nitrogen and oxygen atoms in total. The van der Waals surface area contributed by atoms with Crippen LogP contribution in [0.1, 0.15) is 0 Å². The van der Waals surface area contributed by atoms with E-state index in [1.54, 1.807) is 0 Å². The van der Waals surface area contributed by atoms with Crippen molar-refractivity contribution in [3.05, 3.63) is 79.1 Å². The Morgan fingerprint density at radius 2 is 1.63 bits per heavy atom. The number of nitrogens with zero attached hydrogens (tertiary/aromatic N) is 2. The molecule has 6 rings (SSSR count). The third kappa shape index (κ3) is 2.05. The van der Waals surface area contributed by atoms with Crippen LogP contribution in [0.4, 0.5) is 0 Å². The number of fused-ring (bicyclic) bond motifs is 6. The smallest absolute Gasteiger partial charge is 0.143 e. The van der Waals surface area contributed by atoms with Crippen LogP contribution in [0, 0.1) is 0 Å². The number of benzene rings is 4. The van der Waals surface area contributed by atoms with Gasteiger partial charge < -0.3 is 8.98 Å². The Morgan fingerprint density at radius 1 is 0.778 bits per heavy atom. The quantitative estimate of drug-likeness (QED) is 0.327. The van der Waals surface area contributed by atoms with Crippen molar-refractivity contribution in [1.29, 1.82) is 0 Å². The summed E-state index contributed by atoms with van der Waals surface area (Å²) in [4.78, 5) is 4.47. The first-order valence-corrected chi connectivity index (χ1v) is 9.03. The second-order valence-electron chi connectivity index (χ2n) is 7.04. The largest absolute Gasteiger partial charge is 0.455 e. The Labute approximate surface area is 155 Å². The van der Waals surface area contributed by atoms with Gasteiger partial charge in [-0.25, -0.2) is 4.98 Å². The maximum absolute atomic E-state index is 6.29. The van der Waals surface area contributed by atoms with E-state index < -0.39 is 0 Å². The predicted octanol–water partition coefficient (Wildman–Crippen LogP) is 6.29. The summed E-state index contributed by atoms with van der Waals surface area (Å²) in [7, 11) is 2.01. The molecule has 0 fully saturated rings. The molecule has 0 saturated heterocycles. The lowest BCUT2D eigenvalue weighted by Gasteiger charge is -2.03. The minimum atomic E-state index is 0.906. The summed E-state index contributed by atoms with van der Waals surface area (Å²) in [5, 5.41) is 7.10. The fourth-order valence-electron chi connectivity index (χ4n) is 4.03. The predicted molar refractivity (Wildman–Crippen MR) is 111 cm³/mol. The molecule has 2 aromatic heterocycles. The lowest BCUT2D eigenvalue weighted by Crippen LogP contribution is -1.90. The van der Waals surface area contributed by atoms with Crippen molar-refractivity contribution in [2.24, 2.45) is 7.05 Å². The van der Waals surface area contributed by atoms with Gasteiger partial charge in [0.25, 0.3) is 0 Å². The van der Waals surface area contributed by atoms with Crippen molar-refractivity contribution < 1.29 is 4.42 Å².